The Bertz CT molecular complexity index is 505. The first kappa shape index (κ1) is 15.8. The van der Waals surface area contributed by atoms with Gasteiger partial charge in [-0.3, -0.25) is 5.41 Å². The summed E-state index contributed by atoms with van der Waals surface area (Å²) in [5, 5.41) is 10.9. The number of benzene rings is 1. The van der Waals surface area contributed by atoms with E-state index in [0.29, 0.717) is 0 Å². The van der Waals surface area contributed by atoms with Crippen molar-refractivity contribution in [3.8, 4) is 0 Å². The smallest absolute Gasteiger partial charge is 0.122 e. The van der Waals surface area contributed by atoms with Crippen molar-refractivity contribution >= 4 is 11.5 Å². The second kappa shape index (κ2) is 6.45. The van der Waals surface area contributed by atoms with Crippen molar-refractivity contribution in [3.05, 3.63) is 29.3 Å². The lowest BCUT2D eigenvalue weighted by molar-refractivity contribution is 0.294. The number of piperidine rings is 1. The average molecular weight is 289 g/mol. The maximum atomic E-state index is 7.49. The van der Waals surface area contributed by atoms with Crippen molar-refractivity contribution in [2.24, 2.45) is 11.5 Å². The van der Waals surface area contributed by atoms with Crippen LogP contribution in [-0.2, 0) is 0 Å². The summed E-state index contributed by atoms with van der Waals surface area (Å²) in [6.07, 6.45) is 3.09. The topological polar surface area (TPSA) is 91.2 Å². The number of hydrogen-bond donors (Lipinski definition) is 4. The molecule has 1 saturated heterocycles. The summed E-state index contributed by atoms with van der Waals surface area (Å²) >= 11 is 0. The van der Waals surface area contributed by atoms with Crippen LogP contribution in [0.15, 0.2) is 18.2 Å². The van der Waals surface area contributed by atoms with Crippen LogP contribution in [0.1, 0.15) is 30.4 Å². The maximum Gasteiger partial charge on any atom is 0.122 e. The molecular weight excluding hydrogens is 262 g/mol. The molecule has 116 valence electrons. The number of nitrogens with zero attached hydrogens (tertiary/aromatic N) is 1. The molecule has 0 atom stereocenters. The van der Waals surface area contributed by atoms with Gasteiger partial charge in [-0.25, -0.2) is 0 Å². The molecule has 0 amide bonds. The van der Waals surface area contributed by atoms with Crippen molar-refractivity contribution in [3.63, 3.8) is 0 Å². The van der Waals surface area contributed by atoms with Crippen LogP contribution in [0.5, 0.6) is 0 Å². The molecule has 0 aromatic heterocycles. The lowest BCUT2D eigenvalue weighted by atomic mass is 9.86. The Morgan fingerprint density at radius 2 is 2.05 bits per heavy atom. The first-order valence-electron chi connectivity index (χ1n) is 7.57. The van der Waals surface area contributed by atoms with Gasteiger partial charge < -0.3 is 21.7 Å². The third-order valence-electron chi connectivity index (χ3n) is 4.46. The number of nitrogens with two attached hydrogens (primary N) is 2. The van der Waals surface area contributed by atoms with Gasteiger partial charge in [0.15, 0.2) is 0 Å². The van der Waals surface area contributed by atoms with Crippen LogP contribution in [0, 0.1) is 12.3 Å². The van der Waals surface area contributed by atoms with Crippen molar-refractivity contribution in [2.75, 3.05) is 31.6 Å². The molecule has 1 heterocycles. The van der Waals surface area contributed by atoms with Crippen LogP contribution in [0.4, 0.5) is 5.69 Å². The Morgan fingerprint density at radius 3 is 2.62 bits per heavy atom. The van der Waals surface area contributed by atoms with Crippen molar-refractivity contribution in [1.29, 1.82) is 5.41 Å². The van der Waals surface area contributed by atoms with E-state index in [4.69, 9.17) is 16.9 Å². The molecule has 0 aliphatic carbocycles. The second-order valence-electron chi connectivity index (χ2n) is 6.20. The minimum absolute atomic E-state index is 0.0350. The fourth-order valence-electron chi connectivity index (χ4n) is 2.94. The van der Waals surface area contributed by atoms with Gasteiger partial charge in [0, 0.05) is 30.4 Å². The summed E-state index contributed by atoms with van der Waals surface area (Å²) in [6, 6.07) is 5.92. The monoisotopic (exact) mass is 289 g/mol. The highest BCUT2D eigenvalue weighted by Crippen LogP contribution is 2.24. The molecule has 1 aliphatic heterocycles. The molecule has 5 nitrogen and oxygen atoms in total. The van der Waals surface area contributed by atoms with Crippen LogP contribution < -0.4 is 21.7 Å². The average Bonchev–Trinajstić information content (AvgIpc) is 2.45. The standard InChI is InChI=1S/C16H27N5/c1-12-11-13(15(17)18)3-4-14(12)21(2)10-7-16(19)5-8-20-9-6-16/h3-4,11,20H,5-10,19H2,1-2H3,(H3,17,18). The second-order valence-corrected chi connectivity index (χ2v) is 6.20. The quantitative estimate of drug-likeness (QED) is 0.484. The summed E-state index contributed by atoms with van der Waals surface area (Å²) in [7, 11) is 2.10. The van der Waals surface area contributed by atoms with Gasteiger partial charge in [-0.1, -0.05) is 0 Å². The summed E-state index contributed by atoms with van der Waals surface area (Å²) in [6.45, 7) is 5.04. The van der Waals surface area contributed by atoms with Crippen molar-refractivity contribution < 1.29 is 0 Å². The Morgan fingerprint density at radius 1 is 1.38 bits per heavy atom. The van der Waals surface area contributed by atoms with Gasteiger partial charge in [0.05, 0.1) is 0 Å². The first-order valence-corrected chi connectivity index (χ1v) is 7.57. The molecule has 1 fully saturated rings. The van der Waals surface area contributed by atoms with E-state index < -0.39 is 0 Å². The first-order chi connectivity index (χ1) is 9.91. The highest BCUT2D eigenvalue weighted by Gasteiger charge is 2.27. The Labute approximate surface area is 127 Å². The normalized spacial score (nSPS) is 17.5. The lowest BCUT2D eigenvalue weighted by Gasteiger charge is -2.35. The molecule has 0 unspecified atom stereocenters. The number of hydrogen-bond acceptors (Lipinski definition) is 4. The SMILES string of the molecule is Cc1cc(C(=N)N)ccc1N(C)CCC1(N)CCNCC1. The molecule has 1 aromatic carbocycles. The molecule has 21 heavy (non-hydrogen) atoms. The number of amidine groups is 1. The zero-order valence-corrected chi connectivity index (χ0v) is 13.1. The molecular formula is C16H27N5. The number of nitrogens with one attached hydrogen (secondary N) is 2. The molecule has 0 spiro atoms. The lowest BCUT2D eigenvalue weighted by Crippen LogP contribution is -2.50. The number of nitrogen functional groups attached to an aromatic ring is 1. The van der Waals surface area contributed by atoms with Crippen LogP contribution in [0.2, 0.25) is 0 Å². The van der Waals surface area contributed by atoms with E-state index in [1.165, 1.54) is 5.69 Å². The fourth-order valence-corrected chi connectivity index (χ4v) is 2.94. The molecule has 2 rings (SSSR count). The van der Waals surface area contributed by atoms with E-state index in [1.54, 1.807) is 0 Å². The molecule has 1 aromatic rings. The zero-order valence-electron chi connectivity index (χ0n) is 13.1. The summed E-state index contributed by atoms with van der Waals surface area (Å²) in [5.74, 6) is 0.114. The molecule has 6 N–H and O–H groups in total. The van der Waals surface area contributed by atoms with Gasteiger partial charge >= 0.3 is 0 Å². The highest BCUT2D eigenvalue weighted by molar-refractivity contribution is 5.95. The molecule has 5 heteroatoms. The third-order valence-corrected chi connectivity index (χ3v) is 4.46. The van der Waals surface area contributed by atoms with E-state index in [9.17, 15) is 0 Å². The van der Waals surface area contributed by atoms with Crippen molar-refractivity contribution in [2.45, 2.75) is 31.7 Å². The van der Waals surface area contributed by atoms with Gasteiger partial charge in [0.1, 0.15) is 5.84 Å². The highest BCUT2D eigenvalue weighted by atomic mass is 15.1. The predicted octanol–water partition coefficient (Wildman–Crippen LogP) is 1.19. The Kier molecular flexibility index (Phi) is 4.85. The van der Waals surface area contributed by atoms with Gasteiger partial charge in [-0.05, 0) is 63.0 Å². The van der Waals surface area contributed by atoms with Gasteiger partial charge in [0.25, 0.3) is 0 Å². The predicted molar refractivity (Wildman–Crippen MR) is 89.1 cm³/mol. The van der Waals surface area contributed by atoms with Crippen LogP contribution in [0.3, 0.4) is 0 Å². The number of rotatable bonds is 5. The van der Waals surface area contributed by atoms with Gasteiger partial charge in [-0.2, -0.15) is 0 Å². The van der Waals surface area contributed by atoms with E-state index >= 15 is 0 Å². The fraction of sp³-hybridized carbons (Fsp3) is 0.562. The maximum absolute atomic E-state index is 7.49. The third kappa shape index (κ3) is 3.95. The summed E-state index contributed by atoms with van der Waals surface area (Å²) < 4.78 is 0. The van der Waals surface area contributed by atoms with E-state index in [2.05, 4.69) is 24.2 Å². The van der Waals surface area contributed by atoms with Crippen LogP contribution in [0.25, 0.3) is 0 Å². The van der Waals surface area contributed by atoms with Gasteiger partial charge in [0.2, 0.25) is 0 Å². The summed E-state index contributed by atoms with van der Waals surface area (Å²) in [5.41, 5.74) is 15.1. The molecule has 0 radical (unpaired) electrons. The zero-order chi connectivity index (χ0) is 15.5. The minimum atomic E-state index is -0.0350. The minimum Gasteiger partial charge on any atom is -0.384 e. The van der Waals surface area contributed by atoms with Gasteiger partial charge in [-0.15, -0.1) is 0 Å². The molecule has 0 saturated carbocycles. The summed E-state index contributed by atoms with van der Waals surface area (Å²) in [4.78, 5) is 2.25. The Balaban J connectivity index is 2.00. The van der Waals surface area contributed by atoms with E-state index in [1.807, 2.05) is 18.2 Å². The number of aryl methyl sites for hydroxylation is 1. The molecule has 1 aliphatic rings. The molecule has 0 bridgehead atoms. The van der Waals surface area contributed by atoms with E-state index in [0.717, 1.165) is 50.0 Å². The number of anilines is 1. The van der Waals surface area contributed by atoms with Crippen molar-refractivity contribution in [1.82, 2.24) is 5.32 Å². The Hall–Kier alpha value is -1.59. The van der Waals surface area contributed by atoms with Crippen LogP contribution in [-0.4, -0.2) is 38.1 Å². The van der Waals surface area contributed by atoms with Crippen LogP contribution >= 0.6 is 0 Å². The largest absolute Gasteiger partial charge is 0.384 e. The van der Waals surface area contributed by atoms with E-state index in [-0.39, 0.29) is 11.4 Å².